The van der Waals surface area contributed by atoms with Gasteiger partial charge in [-0.25, -0.2) is 0 Å². The summed E-state index contributed by atoms with van der Waals surface area (Å²) in [6.07, 6.45) is 2.20. The standard InChI is InChI=1S/C20H35N3/c1-6-23(7-2)14-8-13-22-20(21)17(5)19-11-9-18(10-12-19)15-16(3)4/h9-12,16-17H,6-8,13-15H2,1-5H3,(H2,21,22)/t17-/m1/s1. The molecule has 0 aliphatic carbocycles. The van der Waals surface area contributed by atoms with Gasteiger partial charge in [-0.1, -0.05) is 58.9 Å². The summed E-state index contributed by atoms with van der Waals surface area (Å²) in [4.78, 5) is 7.00. The predicted octanol–water partition coefficient (Wildman–Crippen LogP) is 4.08. The number of rotatable bonds is 10. The van der Waals surface area contributed by atoms with Gasteiger partial charge >= 0.3 is 0 Å². The fourth-order valence-corrected chi connectivity index (χ4v) is 2.76. The fourth-order valence-electron chi connectivity index (χ4n) is 2.76. The van der Waals surface area contributed by atoms with Crippen molar-refractivity contribution in [2.24, 2.45) is 16.6 Å². The van der Waals surface area contributed by atoms with E-state index in [0.717, 1.165) is 44.9 Å². The molecule has 0 fully saturated rings. The van der Waals surface area contributed by atoms with Crippen LogP contribution >= 0.6 is 0 Å². The molecule has 1 aromatic carbocycles. The first-order chi connectivity index (χ1) is 11.0. The van der Waals surface area contributed by atoms with Crippen molar-refractivity contribution in [3.05, 3.63) is 35.4 Å². The first kappa shape index (κ1) is 19.7. The predicted molar refractivity (Wildman–Crippen MR) is 102 cm³/mol. The molecule has 0 radical (unpaired) electrons. The van der Waals surface area contributed by atoms with E-state index < -0.39 is 0 Å². The van der Waals surface area contributed by atoms with Crippen LogP contribution in [0.4, 0.5) is 0 Å². The minimum Gasteiger partial charge on any atom is -0.387 e. The Morgan fingerprint density at radius 1 is 1.09 bits per heavy atom. The van der Waals surface area contributed by atoms with Gasteiger partial charge in [0.2, 0.25) is 0 Å². The Labute approximate surface area is 143 Å². The second-order valence-corrected chi connectivity index (χ2v) is 6.75. The highest BCUT2D eigenvalue weighted by molar-refractivity contribution is 5.87. The van der Waals surface area contributed by atoms with Crippen molar-refractivity contribution >= 4 is 5.84 Å². The van der Waals surface area contributed by atoms with Crippen molar-refractivity contribution in [1.82, 2.24) is 4.90 Å². The van der Waals surface area contributed by atoms with Crippen LogP contribution in [-0.4, -0.2) is 36.9 Å². The molecule has 1 aromatic rings. The van der Waals surface area contributed by atoms with Crippen LogP contribution in [0.5, 0.6) is 0 Å². The van der Waals surface area contributed by atoms with Gasteiger partial charge in [-0.05, 0) is 49.5 Å². The molecule has 0 heterocycles. The minimum atomic E-state index is 0.191. The maximum Gasteiger partial charge on any atom is 0.101 e. The van der Waals surface area contributed by atoms with Gasteiger partial charge in [0.1, 0.15) is 5.84 Å². The molecule has 1 rings (SSSR count). The summed E-state index contributed by atoms with van der Waals surface area (Å²) in [5, 5.41) is 0. The van der Waals surface area contributed by atoms with Gasteiger partial charge in [0.05, 0.1) is 0 Å². The van der Waals surface area contributed by atoms with E-state index >= 15 is 0 Å². The first-order valence-electron chi connectivity index (χ1n) is 9.08. The number of nitrogens with two attached hydrogens (primary N) is 1. The second-order valence-electron chi connectivity index (χ2n) is 6.75. The number of aliphatic imine (C=N–C) groups is 1. The molecule has 0 saturated carbocycles. The summed E-state index contributed by atoms with van der Waals surface area (Å²) in [6.45, 7) is 15.2. The third kappa shape index (κ3) is 7.17. The molecule has 1 atom stereocenters. The highest BCUT2D eigenvalue weighted by Crippen LogP contribution is 2.17. The third-order valence-corrected chi connectivity index (χ3v) is 4.39. The summed E-state index contributed by atoms with van der Waals surface area (Å²) >= 11 is 0. The smallest absolute Gasteiger partial charge is 0.101 e. The summed E-state index contributed by atoms with van der Waals surface area (Å²) in [6, 6.07) is 8.83. The summed E-state index contributed by atoms with van der Waals surface area (Å²) in [5.74, 6) is 1.63. The van der Waals surface area contributed by atoms with Crippen LogP contribution in [0.2, 0.25) is 0 Å². The van der Waals surface area contributed by atoms with Crippen LogP contribution in [0, 0.1) is 5.92 Å². The highest BCUT2D eigenvalue weighted by atomic mass is 15.1. The molecule has 0 aromatic heterocycles. The summed E-state index contributed by atoms with van der Waals surface area (Å²) < 4.78 is 0. The molecule has 23 heavy (non-hydrogen) atoms. The van der Waals surface area contributed by atoms with E-state index in [1.807, 2.05) is 0 Å². The Morgan fingerprint density at radius 2 is 1.70 bits per heavy atom. The van der Waals surface area contributed by atoms with E-state index in [2.05, 4.69) is 68.8 Å². The summed E-state index contributed by atoms with van der Waals surface area (Å²) in [7, 11) is 0. The molecular formula is C20H35N3. The lowest BCUT2D eigenvalue weighted by Gasteiger charge is -2.17. The van der Waals surface area contributed by atoms with Crippen LogP contribution in [0.3, 0.4) is 0 Å². The molecule has 0 bridgehead atoms. The second kappa shape index (κ2) is 10.4. The van der Waals surface area contributed by atoms with Gasteiger partial charge in [0, 0.05) is 12.5 Å². The molecule has 3 heteroatoms. The molecule has 0 aliphatic heterocycles. The first-order valence-corrected chi connectivity index (χ1v) is 9.08. The highest BCUT2D eigenvalue weighted by Gasteiger charge is 2.10. The van der Waals surface area contributed by atoms with Crippen molar-refractivity contribution < 1.29 is 0 Å². The Morgan fingerprint density at radius 3 is 2.22 bits per heavy atom. The van der Waals surface area contributed by atoms with Crippen molar-refractivity contribution in [3.63, 3.8) is 0 Å². The molecule has 0 spiro atoms. The van der Waals surface area contributed by atoms with Gasteiger partial charge in [0.25, 0.3) is 0 Å². The fraction of sp³-hybridized carbons (Fsp3) is 0.650. The number of hydrogen-bond acceptors (Lipinski definition) is 2. The van der Waals surface area contributed by atoms with Crippen LogP contribution in [0.25, 0.3) is 0 Å². The van der Waals surface area contributed by atoms with E-state index in [1.165, 1.54) is 11.1 Å². The van der Waals surface area contributed by atoms with E-state index in [-0.39, 0.29) is 5.92 Å². The lowest BCUT2D eigenvalue weighted by Crippen LogP contribution is -2.25. The number of hydrogen-bond donors (Lipinski definition) is 1. The van der Waals surface area contributed by atoms with Crippen LogP contribution < -0.4 is 5.73 Å². The number of amidine groups is 1. The van der Waals surface area contributed by atoms with Crippen LogP contribution in [0.15, 0.2) is 29.3 Å². The summed E-state index contributed by atoms with van der Waals surface area (Å²) in [5.41, 5.74) is 8.83. The van der Waals surface area contributed by atoms with Gasteiger partial charge in [0.15, 0.2) is 0 Å². The minimum absolute atomic E-state index is 0.191. The van der Waals surface area contributed by atoms with Crippen LogP contribution in [-0.2, 0) is 6.42 Å². The Kier molecular flexibility index (Phi) is 8.93. The van der Waals surface area contributed by atoms with E-state index in [0.29, 0.717) is 5.92 Å². The molecular weight excluding hydrogens is 282 g/mol. The van der Waals surface area contributed by atoms with E-state index in [9.17, 15) is 0 Å². The lowest BCUT2D eigenvalue weighted by molar-refractivity contribution is 0.302. The van der Waals surface area contributed by atoms with Crippen molar-refractivity contribution in [2.75, 3.05) is 26.2 Å². The van der Waals surface area contributed by atoms with Gasteiger partial charge in [-0.3, -0.25) is 4.99 Å². The molecule has 2 N–H and O–H groups in total. The molecule has 0 unspecified atom stereocenters. The molecule has 0 saturated heterocycles. The maximum atomic E-state index is 6.19. The Bertz CT molecular complexity index is 458. The average molecular weight is 318 g/mol. The lowest BCUT2D eigenvalue weighted by atomic mass is 9.96. The van der Waals surface area contributed by atoms with Crippen molar-refractivity contribution in [3.8, 4) is 0 Å². The van der Waals surface area contributed by atoms with Crippen molar-refractivity contribution in [2.45, 2.75) is 53.4 Å². The molecule has 0 aliphatic rings. The quantitative estimate of drug-likeness (QED) is 0.401. The number of benzene rings is 1. The SMILES string of the molecule is CCN(CC)CCCN=C(N)[C@H](C)c1ccc(CC(C)C)cc1. The topological polar surface area (TPSA) is 41.6 Å². The molecule has 130 valence electrons. The zero-order valence-corrected chi connectivity index (χ0v) is 15.7. The van der Waals surface area contributed by atoms with Gasteiger partial charge in [-0.15, -0.1) is 0 Å². The van der Waals surface area contributed by atoms with Gasteiger partial charge in [-0.2, -0.15) is 0 Å². The maximum absolute atomic E-state index is 6.19. The largest absolute Gasteiger partial charge is 0.387 e. The molecule has 0 amide bonds. The normalized spacial score (nSPS) is 13.8. The third-order valence-electron chi connectivity index (χ3n) is 4.39. The molecule has 3 nitrogen and oxygen atoms in total. The van der Waals surface area contributed by atoms with Crippen LogP contribution in [0.1, 0.15) is 58.1 Å². The Hall–Kier alpha value is -1.35. The zero-order valence-electron chi connectivity index (χ0n) is 15.7. The van der Waals surface area contributed by atoms with Gasteiger partial charge < -0.3 is 10.6 Å². The average Bonchev–Trinajstić information content (AvgIpc) is 2.54. The monoisotopic (exact) mass is 317 g/mol. The van der Waals surface area contributed by atoms with Crippen molar-refractivity contribution in [1.29, 1.82) is 0 Å². The Balaban J connectivity index is 2.51. The van der Waals surface area contributed by atoms with E-state index in [1.54, 1.807) is 0 Å². The number of nitrogens with zero attached hydrogens (tertiary/aromatic N) is 2. The zero-order chi connectivity index (χ0) is 17.2. The van der Waals surface area contributed by atoms with E-state index in [4.69, 9.17) is 5.73 Å².